The molecule has 0 saturated carbocycles. The van der Waals surface area contributed by atoms with E-state index in [1.54, 1.807) is 6.07 Å². The van der Waals surface area contributed by atoms with Gasteiger partial charge in [0.1, 0.15) is 11.4 Å². The van der Waals surface area contributed by atoms with E-state index in [1.165, 1.54) is 29.2 Å². The van der Waals surface area contributed by atoms with Crippen molar-refractivity contribution < 1.29 is 36.9 Å². The van der Waals surface area contributed by atoms with Gasteiger partial charge in [0.05, 0.1) is 6.10 Å². The van der Waals surface area contributed by atoms with E-state index in [0.29, 0.717) is 43.6 Å². The Morgan fingerprint density at radius 1 is 1.16 bits per heavy atom. The minimum atomic E-state index is -4.79. The van der Waals surface area contributed by atoms with E-state index in [-0.39, 0.29) is 11.5 Å². The molecule has 0 unspecified atom stereocenters. The number of likely N-dealkylation sites (tertiary alicyclic amines) is 1. The average molecular weight is 440 g/mol. The molecule has 166 valence electrons. The Labute approximate surface area is 175 Å². The molecule has 1 atom stereocenters. The van der Waals surface area contributed by atoms with Crippen LogP contribution in [-0.4, -0.2) is 41.1 Å². The molecule has 0 bridgehead atoms. The summed E-state index contributed by atoms with van der Waals surface area (Å²) in [4.78, 5) is 14.1. The summed E-state index contributed by atoms with van der Waals surface area (Å²) in [6.07, 6.45) is -4.52. The molecule has 0 aromatic heterocycles. The molecule has 2 aromatic carbocycles. The first-order valence-electron chi connectivity index (χ1n) is 9.71. The molecule has 2 aliphatic heterocycles. The highest BCUT2D eigenvalue weighted by Gasteiger charge is 2.44. The number of alkyl halides is 3. The van der Waals surface area contributed by atoms with Gasteiger partial charge in [-0.25, -0.2) is 9.18 Å². The Hall–Kier alpha value is -3.01. The number of para-hydroxylation sites is 1. The first-order chi connectivity index (χ1) is 14.6. The maximum atomic E-state index is 14.2. The summed E-state index contributed by atoms with van der Waals surface area (Å²) in [6, 6.07) is 8.85. The van der Waals surface area contributed by atoms with Crippen LogP contribution >= 0.6 is 0 Å². The summed E-state index contributed by atoms with van der Waals surface area (Å²) >= 11 is 0. The fourth-order valence-corrected chi connectivity index (χ4v) is 3.98. The monoisotopic (exact) mass is 440 g/mol. The van der Waals surface area contributed by atoms with Gasteiger partial charge in [0, 0.05) is 43.6 Å². The predicted molar refractivity (Wildman–Crippen MR) is 102 cm³/mol. The molecule has 0 radical (unpaired) electrons. The van der Waals surface area contributed by atoms with Gasteiger partial charge in [-0.2, -0.15) is 0 Å². The number of rotatable bonds is 2. The number of nitrogens with zero attached hydrogens (tertiary/aromatic N) is 1. The lowest BCUT2D eigenvalue weighted by Crippen LogP contribution is -2.52. The molecule has 2 aromatic rings. The molecule has 2 amide bonds. The maximum absolute atomic E-state index is 14.2. The lowest BCUT2D eigenvalue weighted by molar-refractivity contribution is -0.274. The van der Waals surface area contributed by atoms with Crippen molar-refractivity contribution in [2.24, 2.45) is 0 Å². The number of ether oxygens (including phenoxy) is 2. The Balaban J connectivity index is 1.36. The summed E-state index contributed by atoms with van der Waals surface area (Å²) in [7, 11) is 0. The molecular formula is C21H20F4N2O4. The highest BCUT2D eigenvalue weighted by atomic mass is 19.4. The van der Waals surface area contributed by atoms with Gasteiger partial charge in [-0.1, -0.05) is 12.1 Å². The van der Waals surface area contributed by atoms with E-state index in [2.05, 4.69) is 10.1 Å². The number of aliphatic hydroxyl groups is 1. The van der Waals surface area contributed by atoms with Crippen molar-refractivity contribution in [3.63, 3.8) is 0 Å². The van der Waals surface area contributed by atoms with Crippen molar-refractivity contribution >= 4 is 11.7 Å². The SMILES string of the molecule is O=C(Nc1ccc(OC(F)(F)F)cc1)N1CCC2(CC1)C[C@H](O)c1cccc(F)c1O2. The molecular weight excluding hydrogens is 420 g/mol. The fraction of sp³-hybridized carbons (Fsp3) is 0.381. The number of aliphatic hydroxyl groups excluding tert-OH is 1. The number of hydrogen-bond acceptors (Lipinski definition) is 4. The van der Waals surface area contributed by atoms with Gasteiger partial charge in [-0.05, 0) is 30.3 Å². The third-order valence-corrected chi connectivity index (χ3v) is 5.54. The molecule has 2 N–H and O–H groups in total. The number of fused-ring (bicyclic) bond motifs is 1. The van der Waals surface area contributed by atoms with Crippen molar-refractivity contribution in [3.8, 4) is 11.5 Å². The molecule has 1 fully saturated rings. The lowest BCUT2D eigenvalue weighted by Gasteiger charge is -2.45. The standard InChI is InChI=1S/C21H20F4N2O4/c22-16-3-1-2-15-17(28)12-20(31-18(15)16)8-10-27(11-9-20)19(29)26-13-4-6-14(7-5-13)30-21(23,24)25/h1-7,17,28H,8-12H2,(H,26,29)/t17-/m0/s1. The minimum absolute atomic E-state index is 0.0558. The number of nitrogens with one attached hydrogen (secondary N) is 1. The van der Waals surface area contributed by atoms with Crippen LogP contribution in [-0.2, 0) is 0 Å². The van der Waals surface area contributed by atoms with Gasteiger partial charge in [0.15, 0.2) is 11.6 Å². The van der Waals surface area contributed by atoms with Crippen molar-refractivity contribution in [1.82, 2.24) is 4.90 Å². The number of urea groups is 1. The summed E-state index contributed by atoms with van der Waals surface area (Å²) in [6.45, 7) is 0.634. The molecule has 4 rings (SSSR count). The van der Waals surface area contributed by atoms with Crippen molar-refractivity contribution in [3.05, 3.63) is 53.8 Å². The lowest BCUT2D eigenvalue weighted by atomic mass is 9.81. The number of carbonyl (C=O) groups is 1. The van der Waals surface area contributed by atoms with Crippen LogP contribution in [0.1, 0.15) is 30.9 Å². The smallest absolute Gasteiger partial charge is 0.484 e. The molecule has 2 heterocycles. The van der Waals surface area contributed by atoms with E-state index in [0.717, 1.165) is 12.1 Å². The molecule has 1 spiro atoms. The second-order valence-corrected chi connectivity index (χ2v) is 7.65. The zero-order valence-electron chi connectivity index (χ0n) is 16.3. The number of carbonyl (C=O) groups excluding carboxylic acids is 1. The molecule has 0 aliphatic carbocycles. The topological polar surface area (TPSA) is 71.0 Å². The quantitative estimate of drug-likeness (QED) is 0.670. The average Bonchev–Trinajstić information content (AvgIpc) is 2.70. The van der Waals surface area contributed by atoms with Crippen LogP contribution in [0.5, 0.6) is 11.5 Å². The highest BCUT2D eigenvalue weighted by Crippen LogP contribution is 2.45. The minimum Gasteiger partial charge on any atom is -0.484 e. The van der Waals surface area contributed by atoms with Crippen LogP contribution in [0.2, 0.25) is 0 Å². The first-order valence-corrected chi connectivity index (χ1v) is 9.71. The Bertz CT molecular complexity index is 957. The van der Waals surface area contributed by atoms with Gasteiger partial charge < -0.3 is 24.8 Å². The van der Waals surface area contributed by atoms with Crippen molar-refractivity contribution in [1.29, 1.82) is 0 Å². The molecule has 10 heteroatoms. The Morgan fingerprint density at radius 3 is 2.48 bits per heavy atom. The van der Waals surface area contributed by atoms with E-state index in [1.807, 2.05) is 0 Å². The highest BCUT2D eigenvalue weighted by molar-refractivity contribution is 5.89. The van der Waals surface area contributed by atoms with Crippen LogP contribution in [0.3, 0.4) is 0 Å². The van der Waals surface area contributed by atoms with E-state index >= 15 is 0 Å². The predicted octanol–water partition coefficient (Wildman–Crippen LogP) is 4.61. The van der Waals surface area contributed by atoms with E-state index in [9.17, 15) is 27.5 Å². The first kappa shape index (κ1) is 21.2. The number of piperidine rings is 1. The van der Waals surface area contributed by atoms with E-state index < -0.39 is 29.9 Å². The van der Waals surface area contributed by atoms with Gasteiger partial charge in [0.25, 0.3) is 0 Å². The van der Waals surface area contributed by atoms with Crippen LogP contribution in [0.4, 0.5) is 28.0 Å². The summed E-state index contributed by atoms with van der Waals surface area (Å²) in [5.74, 6) is -0.861. The number of anilines is 1. The Morgan fingerprint density at radius 2 is 1.84 bits per heavy atom. The van der Waals surface area contributed by atoms with Gasteiger partial charge in [0.2, 0.25) is 0 Å². The Kier molecular flexibility index (Phi) is 5.42. The second kappa shape index (κ2) is 7.92. The van der Waals surface area contributed by atoms with Crippen LogP contribution < -0.4 is 14.8 Å². The van der Waals surface area contributed by atoms with Gasteiger partial charge in [-0.3, -0.25) is 0 Å². The molecule has 6 nitrogen and oxygen atoms in total. The van der Waals surface area contributed by atoms with Crippen LogP contribution in [0.15, 0.2) is 42.5 Å². The third-order valence-electron chi connectivity index (χ3n) is 5.54. The second-order valence-electron chi connectivity index (χ2n) is 7.65. The fourth-order valence-electron chi connectivity index (χ4n) is 3.98. The summed E-state index contributed by atoms with van der Waals surface area (Å²) in [5.41, 5.74) is -0.0222. The third kappa shape index (κ3) is 4.68. The van der Waals surface area contributed by atoms with Crippen LogP contribution in [0, 0.1) is 5.82 Å². The van der Waals surface area contributed by atoms with Gasteiger partial charge >= 0.3 is 12.4 Å². The number of amides is 2. The van der Waals surface area contributed by atoms with Gasteiger partial charge in [-0.15, -0.1) is 13.2 Å². The molecule has 1 saturated heterocycles. The summed E-state index contributed by atoms with van der Waals surface area (Å²) < 4.78 is 60.6. The zero-order chi connectivity index (χ0) is 22.2. The maximum Gasteiger partial charge on any atom is 0.573 e. The number of benzene rings is 2. The number of halogens is 4. The number of hydrogen-bond donors (Lipinski definition) is 2. The largest absolute Gasteiger partial charge is 0.573 e. The zero-order valence-corrected chi connectivity index (χ0v) is 16.3. The summed E-state index contributed by atoms with van der Waals surface area (Å²) in [5, 5.41) is 13.1. The van der Waals surface area contributed by atoms with E-state index in [4.69, 9.17) is 4.74 Å². The molecule has 2 aliphatic rings. The van der Waals surface area contributed by atoms with Crippen molar-refractivity contribution in [2.75, 3.05) is 18.4 Å². The normalized spacial score (nSPS) is 20.0. The van der Waals surface area contributed by atoms with Crippen molar-refractivity contribution in [2.45, 2.75) is 37.3 Å². The van der Waals surface area contributed by atoms with Crippen LogP contribution in [0.25, 0.3) is 0 Å². The molecule has 31 heavy (non-hydrogen) atoms.